The van der Waals surface area contributed by atoms with E-state index in [-0.39, 0.29) is 10.8 Å². The van der Waals surface area contributed by atoms with Gasteiger partial charge in [0.05, 0.1) is 27.5 Å². The van der Waals surface area contributed by atoms with Crippen molar-refractivity contribution in [1.29, 1.82) is 0 Å². The molecular formula is C30H32N4O3S. The molecule has 0 atom stereocenters. The SMILES string of the molecule is O=C1Nc2ccc(S(=O)(=O)NCC3CC3)cc2/C1=C(/Nc1ccccc1N1CCCCC1)c1ccccc1. The predicted octanol–water partition coefficient (Wildman–Crippen LogP) is 5.30. The van der Waals surface area contributed by atoms with E-state index in [4.69, 9.17) is 0 Å². The van der Waals surface area contributed by atoms with Crippen LogP contribution in [-0.4, -0.2) is 34.0 Å². The maximum absolute atomic E-state index is 13.4. The molecule has 6 rings (SSSR count). The number of para-hydroxylation sites is 2. The van der Waals surface area contributed by atoms with Gasteiger partial charge in [0.15, 0.2) is 0 Å². The van der Waals surface area contributed by atoms with Crippen LogP contribution >= 0.6 is 0 Å². The minimum atomic E-state index is -3.69. The zero-order valence-electron chi connectivity index (χ0n) is 21.2. The summed E-state index contributed by atoms with van der Waals surface area (Å²) in [5.41, 5.74) is 5.11. The van der Waals surface area contributed by atoms with Crippen molar-refractivity contribution in [1.82, 2.24) is 4.72 Å². The number of piperidine rings is 1. The number of rotatable bonds is 8. The Balaban J connectivity index is 1.44. The summed E-state index contributed by atoms with van der Waals surface area (Å²) in [6, 6.07) is 22.7. The predicted molar refractivity (Wildman–Crippen MR) is 152 cm³/mol. The van der Waals surface area contributed by atoms with Crippen LogP contribution in [0.4, 0.5) is 17.1 Å². The second-order valence-corrected chi connectivity index (χ2v) is 12.0. The summed E-state index contributed by atoms with van der Waals surface area (Å²) in [5, 5.41) is 6.53. The highest BCUT2D eigenvalue weighted by atomic mass is 32.2. The van der Waals surface area contributed by atoms with Gasteiger partial charge in [0.25, 0.3) is 5.91 Å². The standard InChI is InChI=1S/C30H32N4O3S/c35-30-28(24-19-23(15-16-25(24)33-30)38(36,37)31-20-21-13-14-21)29(22-9-3-1-4-10-22)32-26-11-5-6-12-27(26)34-17-7-2-8-18-34/h1,3-6,9-12,15-16,19,21,31-32H,2,7-8,13-14,17-18,20H2,(H,33,35)/b29-28-. The number of carbonyl (C=O) groups excluding carboxylic acids is 1. The molecule has 7 nitrogen and oxygen atoms in total. The van der Waals surface area contributed by atoms with Gasteiger partial charge in [0.2, 0.25) is 10.0 Å². The molecule has 196 valence electrons. The Morgan fingerprint density at radius 1 is 0.921 bits per heavy atom. The van der Waals surface area contributed by atoms with E-state index in [1.165, 1.54) is 6.42 Å². The number of sulfonamides is 1. The van der Waals surface area contributed by atoms with E-state index in [0.29, 0.717) is 35.0 Å². The molecule has 0 bridgehead atoms. The summed E-state index contributed by atoms with van der Waals surface area (Å²) in [6.07, 6.45) is 5.67. The van der Waals surface area contributed by atoms with Crippen molar-refractivity contribution in [3.8, 4) is 0 Å². The first-order valence-electron chi connectivity index (χ1n) is 13.4. The summed E-state index contributed by atoms with van der Waals surface area (Å²) >= 11 is 0. The smallest absolute Gasteiger partial charge is 0.258 e. The fourth-order valence-electron chi connectivity index (χ4n) is 5.20. The Labute approximate surface area is 224 Å². The minimum Gasteiger partial charge on any atom is -0.370 e. The number of hydrogen-bond acceptors (Lipinski definition) is 5. The molecule has 3 aliphatic rings. The van der Waals surface area contributed by atoms with Gasteiger partial charge in [0, 0.05) is 30.9 Å². The number of fused-ring (bicyclic) bond motifs is 1. The third-order valence-corrected chi connectivity index (χ3v) is 8.90. The molecule has 2 heterocycles. The molecule has 3 aromatic carbocycles. The van der Waals surface area contributed by atoms with E-state index in [9.17, 15) is 13.2 Å². The molecule has 1 amide bonds. The van der Waals surface area contributed by atoms with Crippen molar-refractivity contribution in [3.63, 3.8) is 0 Å². The average Bonchev–Trinajstić information content (AvgIpc) is 3.73. The molecule has 1 saturated heterocycles. The molecule has 8 heteroatoms. The molecule has 3 aromatic rings. The average molecular weight is 529 g/mol. The molecule has 3 N–H and O–H groups in total. The minimum absolute atomic E-state index is 0.159. The molecule has 2 aliphatic heterocycles. The third kappa shape index (κ3) is 5.06. The number of benzene rings is 3. The fourth-order valence-corrected chi connectivity index (χ4v) is 6.34. The van der Waals surface area contributed by atoms with Crippen molar-refractivity contribution >= 4 is 44.3 Å². The molecule has 2 fully saturated rings. The Morgan fingerprint density at radius 2 is 1.66 bits per heavy atom. The molecular weight excluding hydrogens is 496 g/mol. The first-order valence-corrected chi connectivity index (χ1v) is 14.8. The van der Waals surface area contributed by atoms with E-state index >= 15 is 0 Å². The summed E-state index contributed by atoms with van der Waals surface area (Å²) in [5.74, 6) is 0.161. The van der Waals surface area contributed by atoms with Crippen LogP contribution < -0.4 is 20.3 Å². The molecule has 0 aromatic heterocycles. The summed E-state index contributed by atoms with van der Waals surface area (Å²) in [7, 11) is -3.69. The normalized spacial score (nSPS) is 18.6. The van der Waals surface area contributed by atoms with Crippen LogP contribution in [-0.2, 0) is 14.8 Å². The van der Waals surface area contributed by atoms with Gasteiger partial charge >= 0.3 is 0 Å². The molecule has 0 unspecified atom stereocenters. The maximum atomic E-state index is 13.4. The molecule has 38 heavy (non-hydrogen) atoms. The van der Waals surface area contributed by atoms with E-state index in [2.05, 4.69) is 26.3 Å². The first-order chi connectivity index (χ1) is 18.5. The van der Waals surface area contributed by atoms with Gasteiger partial charge in [-0.3, -0.25) is 4.79 Å². The number of amides is 1. The van der Waals surface area contributed by atoms with Crippen LogP contribution in [0.3, 0.4) is 0 Å². The van der Waals surface area contributed by atoms with Gasteiger partial charge in [-0.1, -0.05) is 42.5 Å². The van der Waals surface area contributed by atoms with E-state index in [1.54, 1.807) is 18.2 Å². The molecule has 1 aliphatic carbocycles. The lowest BCUT2D eigenvalue weighted by Crippen LogP contribution is -2.30. The fraction of sp³-hybridized carbons (Fsp3) is 0.300. The van der Waals surface area contributed by atoms with Crippen LogP contribution in [0.25, 0.3) is 11.3 Å². The van der Waals surface area contributed by atoms with E-state index in [0.717, 1.165) is 55.7 Å². The lowest BCUT2D eigenvalue weighted by molar-refractivity contribution is -0.110. The quantitative estimate of drug-likeness (QED) is 0.345. The maximum Gasteiger partial charge on any atom is 0.258 e. The number of nitrogens with zero attached hydrogens (tertiary/aromatic N) is 1. The van der Waals surface area contributed by atoms with Gasteiger partial charge < -0.3 is 15.5 Å². The van der Waals surface area contributed by atoms with Gasteiger partial charge in [0.1, 0.15) is 0 Å². The summed E-state index contributed by atoms with van der Waals surface area (Å²) < 4.78 is 28.8. The van der Waals surface area contributed by atoms with Crippen LogP contribution in [0.5, 0.6) is 0 Å². The van der Waals surface area contributed by atoms with Gasteiger partial charge in [-0.05, 0) is 73.9 Å². The van der Waals surface area contributed by atoms with Crippen molar-refractivity contribution in [2.75, 3.05) is 35.2 Å². The highest BCUT2D eigenvalue weighted by molar-refractivity contribution is 7.89. The number of nitrogens with one attached hydrogen (secondary N) is 3. The number of anilines is 3. The van der Waals surface area contributed by atoms with E-state index in [1.807, 2.05) is 48.5 Å². The van der Waals surface area contributed by atoms with Crippen LogP contribution in [0.2, 0.25) is 0 Å². The van der Waals surface area contributed by atoms with Crippen molar-refractivity contribution in [3.05, 3.63) is 83.9 Å². The largest absolute Gasteiger partial charge is 0.370 e. The lowest BCUT2D eigenvalue weighted by atomic mass is 10.00. The van der Waals surface area contributed by atoms with Gasteiger partial charge in [-0.2, -0.15) is 0 Å². The van der Waals surface area contributed by atoms with Gasteiger partial charge in [-0.15, -0.1) is 0 Å². The van der Waals surface area contributed by atoms with Crippen LogP contribution in [0.15, 0.2) is 77.7 Å². The molecule has 0 radical (unpaired) electrons. The van der Waals surface area contributed by atoms with Gasteiger partial charge in [-0.25, -0.2) is 13.1 Å². The summed E-state index contributed by atoms with van der Waals surface area (Å²) in [4.78, 5) is 16.0. The van der Waals surface area contributed by atoms with Crippen molar-refractivity contribution in [2.24, 2.45) is 5.92 Å². The lowest BCUT2D eigenvalue weighted by Gasteiger charge is -2.31. The first kappa shape index (κ1) is 24.7. The Bertz CT molecular complexity index is 1490. The van der Waals surface area contributed by atoms with Crippen molar-refractivity contribution in [2.45, 2.75) is 37.0 Å². The zero-order valence-corrected chi connectivity index (χ0v) is 22.1. The summed E-state index contributed by atoms with van der Waals surface area (Å²) in [6.45, 7) is 2.44. The third-order valence-electron chi connectivity index (χ3n) is 7.48. The second-order valence-electron chi connectivity index (χ2n) is 10.3. The second kappa shape index (κ2) is 10.3. The Morgan fingerprint density at radius 3 is 2.42 bits per heavy atom. The highest BCUT2D eigenvalue weighted by Crippen LogP contribution is 2.40. The molecule has 1 saturated carbocycles. The topological polar surface area (TPSA) is 90.5 Å². The monoisotopic (exact) mass is 528 g/mol. The van der Waals surface area contributed by atoms with Crippen molar-refractivity contribution < 1.29 is 13.2 Å². The van der Waals surface area contributed by atoms with Crippen LogP contribution in [0.1, 0.15) is 43.2 Å². The van der Waals surface area contributed by atoms with Crippen LogP contribution in [0, 0.1) is 5.92 Å². The molecule has 0 spiro atoms. The zero-order chi connectivity index (χ0) is 26.1. The van der Waals surface area contributed by atoms with E-state index < -0.39 is 10.0 Å². The Hall–Kier alpha value is -3.62. The number of carbonyl (C=O) groups is 1. The number of hydrogen-bond donors (Lipinski definition) is 3. The highest BCUT2D eigenvalue weighted by Gasteiger charge is 2.31. The Kier molecular flexibility index (Phi) is 6.68.